The van der Waals surface area contributed by atoms with Gasteiger partial charge in [0.1, 0.15) is 18.1 Å². The first-order valence-electron chi connectivity index (χ1n) is 10.4. The van der Waals surface area contributed by atoms with Gasteiger partial charge in [0.05, 0.1) is 12.2 Å². The van der Waals surface area contributed by atoms with E-state index in [9.17, 15) is 0 Å². The summed E-state index contributed by atoms with van der Waals surface area (Å²) in [4.78, 5) is 4.30. The lowest BCUT2D eigenvalue weighted by Gasteiger charge is -2.14. The SMILES string of the molecule is CCc1noc(CC)c1CNC(=NC)NCCOc1ccccc1-c1ccccc1. The molecule has 0 spiro atoms. The van der Waals surface area contributed by atoms with Gasteiger partial charge in [-0.15, -0.1) is 0 Å². The first-order chi connectivity index (χ1) is 14.8. The van der Waals surface area contributed by atoms with Crippen LogP contribution >= 0.6 is 0 Å². The molecule has 2 N–H and O–H groups in total. The van der Waals surface area contributed by atoms with Crippen molar-refractivity contribution in [2.24, 2.45) is 4.99 Å². The van der Waals surface area contributed by atoms with Crippen LogP contribution in [0.4, 0.5) is 0 Å². The molecule has 30 heavy (non-hydrogen) atoms. The maximum Gasteiger partial charge on any atom is 0.191 e. The van der Waals surface area contributed by atoms with Gasteiger partial charge >= 0.3 is 0 Å². The number of rotatable bonds is 9. The largest absolute Gasteiger partial charge is 0.491 e. The molecule has 2 aromatic carbocycles. The number of ether oxygens (including phenoxy) is 1. The van der Waals surface area contributed by atoms with Crippen LogP contribution in [0.5, 0.6) is 5.75 Å². The Balaban J connectivity index is 1.51. The molecule has 0 atom stereocenters. The van der Waals surface area contributed by atoms with Gasteiger partial charge in [-0.05, 0) is 18.1 Å². The minimum absolute atomic E-state index is 0.526. The van der Waals surface area contributed by atoms with Crippen LogP contribution < -0.4 is 15.4 Å². The second kappa shape index (κ2) is 11.0. The standard InChI is InChI=1S/C24H30N4O2/c1-4-21-20(22(5-2)30-28-21)17-27-24(25-3)26-15-16-29-23-14-10-9-13-19(23)18-11-7-6-8-12-18/h6-14H,4-5,15-17H2,1-3H3,(H2,25,26,27). The summed E-state index contributed by atoms with van der Waals surface area (Å²) in [5.41, 5.74) is 4.35. The highest BCUT2D eigenvalue weighted by Crippen LogP contribution is 2.29. The first-order valence-corrected chi connectivity index (χ1v) is 10.4. The molecule has 0 amide bonds. The molecule has 0 bridgehead atoms. The van der Waals surface area contributed by atoms with E-state index in [-0.39, 0.29) is 0 Å². The lowest BCUT2D eigenvalue weighted by Crippen LogP contribution is -2.39. The molecule has 0 aliphatic carbocycles. The van der Waals surface area contributed by atoms with E-state index in [0.29, 0.717) is 19.7 Å². The van der Waals surface area contributed by atoms with Gasteiger partial charge in [0.2, 0.25) is 0 Å². The number of guanidine groups is 1. The molecule has 0 aliphatic rings. The Morgan fingerprint density at radius 1 is 1.00 bits per heavy atom. The summed E-state index contributed by atoms with van der Waals surface area (Å²) < 4.78 is 11.5. The predicted molar refractivity (Wildman–Crippen MR) is 121 cm³/mol. The van der Waals surface area contributed by atoms with Crippen molar-refractivity contribution in [1.29, 1.82) is 0 Å². The molecular weight excluding hydrogens is 376 g/mol. The zero-order valence-corrected chi connectivity index (χ0v) is 17.9. The van der Waals surface area contributed by atoms with Gasteiger partial charge in [0.15, 0.2) is 5.96 Å². The van der Waals surface area contributed by atoms with Crippen molar-refractivity contribution in [1.82, 2.24) is 15.8 Å². The average molecular weight is 407 g/mol. The van der Waals surface area contributed by atoms with E-state index in [1.165, 1.54) is 0 Å². The monoisotopic (exact) mass is 406 g/mol. The molecule has 0 unspecified atom stereocenters. The molecule has 6 heteroatoms. The topological polar surface area (TPSA) is 71.7 Å². The van der Waals surface area contributed by atoms with Crippen molar-refractivity contribution >= 4 is 5.96 Å². The number of aliphatic imine (C=N–C) groups is 1. The molecule has 1 aromatic heterocycles. The van der Waals surface area contributed by atoms with E-state index >= 15 is 0 Å². The number of hydrogen-bond donors (Lipinski definition) is 2. The van der Waals surface area contributed by atoms with Crippen molar-refractivity contribution in [2.75, 3.05) is 20.2 Å². The highest BCUT2D eigenvalue weighted by Gasteiger charge is 2.13. The van der Waals surface area contributed by atoms with Crippen LogP contribution in [0.2, 0.25) is 0 Å². The number of nitrogens with one attached hydrogen (secondary N) is 2. The Kier molecular flexibility index (Phi) is 7.89. The number of aromatic nitrogens is 1. The average Bonchev–Trinajstić information content (AvgIpc) is 3.21. The van der Waals surface area contributed by atoms with Gasteiger partial charge in [-0.2, -0.15) is 0 Å². The van der Waals surface area contributed by atoms with Crippen LogP contribution in [0.3, 0.4) is 0 Å². The summed E-state index contributed by atoms with van der Waals surface area (Å²) >= 11 is 0. The Labute approximate surface area is 178 Å². The van der Waals surface area contributed by atoms with E-state index in [2.05, 4.69) is 52.8 Å². The van der Waals surface area contributed by atoms with Crippen LogP contribution in [0.1, 0.15) is 30.9 Å². The Morgan fingerprint density at radius 2 is 1.77 bits per heavy atom. The van der Waals surface area contributed by atoms with Crippen LogP contribution in [-0.4, -0.2) is 31.3 Å². The lowest BCUT2D eigenvalue weighted by molar-refractivity contribution is 0.323. The van der Waals surface area contributed by atoms with E-state index in [1.807, 2.05) is 36.4 Å². The van der Waals surface area contributed by atoms with Crippen LogP contribution in [0.15, 0.2) is 64.1 Å². The van der Waals surface area contributed by atoms with E-state index in [1.54, 1.807) is 7.05 Å². The highest BCUT2D eigenvalue weighted by molar-refractivity contribution is 5.79. The lowest BCUT2D eigenvalue weighted by atomic mass is 10.1. The van der Waals surface area contributed by atoms with Crippen LogP contribution in [0, 0.1) is 0 Å². The number of benzene rings is 2. The molecule has 158 valence electrons. The highest BCUT2D eigenvalue weighted by atomic mass is 16.5. The fourth-order valence-electron chi connectivity index (χ4n) is 3.31. The molecule has 0 aliphatic heterocycles. The smallest absolute Gasteiger partial charge is 0.191 e. The number of para-hydroxylation sites is 1. The third-order valence-electron chi connectivity index (χ3n) is 4.89. The van der Waals surface area contributed by atoms with Crippen LogP contribution in [0.25, 0.3) is 11.1 Å². The Bertz CT molecular complexity index is 929. The zero-order chi connectivity index (χ0) is 21.2. The molecule has 0 radical (unpaired) electrons. The minimum atomic E-state index is 0.526. The number of nitrogens with zero attached hydrogens (tertiary/aromatic N) is 2. The van der Waals surface area contributed by atoms with Gasteiger partial charge in [0, 0.05) is 31.1 Å². The van der Waals surface area contributed by atoms with Crippen molar-refractivity contribution < 1.29 is 9.26 Å². The number of hydrogen-bond acceptors (Lipinski definition) is 4. The van der Waals surface area contributed by atoms with Crippen molar-refractivity contribution in [3.8, 4) is 16.9 Å². The second-order valence-corrected chi connectivity index (χ2v) is 6.80. The summed E-state index contributed by atoms with van der Waals surface area (Å²) in [5, 5.41) is 10.8. The summed E-state index contributed by atoms with van der Waals surface area (Å²) in [6.45, 7) is 5.94. The molecule has 0 fully saturated rings. The third kappa shape index (κ3) is 5.41. The summed E-state index contributed by atoms with van der Waals surface area (Å²) in [5.74, 6) is 2.52. The summed E-state index contributed by atoms with van der Waals surface area (Å²) in [7, 11) is 1.76. The summed E-state index contributed by atoms with van der Waals surface area (Å²) in [6.07, 6.45) is 1.67. The van der Waals surface area contributed by atoms with Gasteiger partial charge < -0.3 is 19.9 Å². The molecular formula is C24H30N4O2. The van der Waals surface area contributed by atoms with Gasteiger partial charge in [0.25, 0.3) is 0 Å². The Morgan fingerprint density at radius 3 is 2.50 bits per heavy atom. The predicted octanol–water partition coefficient (Wildman–Crippen LogP) is 4.21. The molecule has 6 nitrogen and oxygen atoms in total. The third-order valence-corrected chi connectivity index (χ3v) is 4.89. The number of aryl methyl sites for hydroxylation is 2. The molecule has 0 saturated carbocycles. The second-order valence-electron chi connectivity index (χ2n) is 6.80. The van der Waals surface area contributed by atoms with E-state index in [4.69, 9.17) is 9.26 Å². The Hall–Kier alpha value is -3.28. The van der Waals surface area contributed by atoms with Gasteiger partial charge in [-0.3, -0.25) is 4.99 Å². The fourth-order valence-corrected chi connectivity index (χ4v) is 3.31. The van der Waals surface area contributed by atoms with Crippen LogP contribution in [-0.2, 0) is 19.4 Å². The first kappa shape index (κ1) is 21.4. The normalized spacial score (nSPS) is 11.4. The van der Waals surface area contributed by atoms with E-state index in [0.717, 1.165) is 52.7 Å². The molecule has 1 heterocycles. The molecule has 3 aromatic rings. The van der Waals surface area contributed by atoms with Gasteiger partial charge in [-0.1, -0.05) is 67.5 Å². The molecule has 0 saturated heterocycles. The van der Waals surface area contributed by atoms with Crippen molar-refractivity contribution in [3.63, 3.8) is 0 Å². The van der Waals surface area contributed by atoms with Crippen molar-refractivity contribution in [3.05, 3.63) is 71.6 Å². The fraction of sp³-hybridized carbons (Fsp3) is 0.333. The summed E-state index contributed by atoms with van der Waals surface area (Å²) in [6, 6.07) is 18.4. The minimum Gasteiger partial charge on any atom is -0.491 e. The quantitative estimate of drug-likeness (QED) is 0.316. The van der Waals surface area contributed by atoms with E-state index < -0.39 is 0 Å². The van der Waals surface area contributed by atoms with Gasteiger partial charge in [-0.25, -0.2) is 0 Å². The maximum absolute atomic E-state index is 6.04. The zero-order valence-electron chi connectivity index (χ0n) is 17.9. The molecule has 3 rings (SSSR count). The van der Waals surface area contributed by atoms with Crippen molar-refractivity contribution in [2.45, 2.75) is 33.2 Å². The maximum atomic E-state index is 6.04.